The minimum absolute atomic E-state index is 0.583. The summed E-state index contributed by atoms with van der Waals surface area (Å²) in [5.41, 5.74) is 0. The molecule has 592 valence electrons. The summed E-state index contributed by atoms with van der Waals surface area (Å²) in [6.45, 7) is 106. The Labute approximate surface area is 598 Å². The smallest absolute Gasteiger partial charge is 0.150 e. The van der Waals surface area contributed by atoms with E-state index in [4.69, 9.17) is 40.2 Å². The summed E-state index contributed by atoms with van der Waals surface area (Å²) in [6.07, 6.45) is 14.0. The highest BCUT2D eigenvalue weighted by Gasteiger charge is 2.27. The van der Waals surface area contributed by atoms with Crippen LogP contribution < -0.4 is 40.2 Å². The van der Waals surface area contributed by atoms with Crippen LogP contribution >= 0.6 is 0 Å². The van der Waals surface area contributed by atoms with Gasteiger partial charge < -0.3 is 92.4 Å². The van der Waals surface area contributed by atoms with Gasteiger partial charge in [-0.05, 0) is 0 Å². The molecule has 96 heavy (non-hydrogen) atoms. The lowest BCUT2D eigenvalue weighted by atomic mass is 10.3. The lowest BCUT2D eigenvalue weighted by molar-refractivity contribution is -0.368. The van der Waals surface area contributed by atoms with Crippen LogP contribution in [0.1, 0.15) is 332 Å². The minimum atomic E-state index is -3.17. The minimum Gasteiger partial charge on any atom is -0.867 e. The molecule has 0 radical (unpaired) electrons. The van der Waals surface area contributed by atoms with Gasteiger partial charge in [0.05, 0.1) is 0 Å². The lowest BCUT2D eigenvalue weighted by Gasteiger charge is -2.30. The Hall–Kier alpha value is -0.660. The third-order valence-corrected chi connectivity index (χ3v) is 13.1. The fraction of sp³-hybridized carbons (Fsp3) is 1.00. The number of hydrogen-bond acceptors (Lipinski definition) is 8. The molecule has 0 amide bonds. The van der Waals surface area contributed by atoms with Crippen molar-refractivity contribution in [2.24, 2.45) is 0 Å². The Kier molecular flexibility index (Phi) is 90.8. The molecule has 0 aromatic rings. The molecule has 0 fully saturated rings. The quantitative estimate of drug-likeness (QED) is 0.0515. The molecule has 0 unspecified atom stereocenters. The van der Waals surface area contributed by atoms with E-state index >= 15 is 0 Å². The third-order valence-electron chi connectivity index (χ3n) is 13.1. The van der Waals surface area contributed by atoms with Crippen LogP contribution in [0.4, 0.5) is 17.3 Å². The fourth-order valence-electron chi connectivity index (χ4n) is 13.1. The Morgan fingerprint density at radius 2 is 0.146 bits per heavy atom. The summed E-state index contributed by atoms with van der Waals surface area (Å²) in [4.78, 5) is 0. The average molecular weight is 1410 g/mol. The molecule has 0 aliphatic heterocycles. The molecule has 0 spiro atoms. The summed E-state index contributed by atoms with van der Waals surface area (Å²) in [7, 11) is -12.7. The molecule has 0 rings (SSSR count). The van der Waals surface area contributed by atoms with Gasteiger partial charge in [0.1, 0.15) is 176 Å². The molecule has 0 aliphatic carbocycles. The molecule has 16 nitrogen and oxygen atoms in total. The van der Waals surface area contributed by atoms with E-state index in [0.29, 0.717) is 146 Å². The first kappa shape index (κ1) is 122. The normalized spacial score (nSPS) is 11.6. The van der Waals surface area contributed by atoms with Crippen molar-refractivity contribution in [3.05, 3.63) is 0 Å². The van der Waals surface area contributed by atoms with E-state index in [1.807, 2.05) is 0 Å². The van der Waals surface area contributed by atoms with E-state index in [1.165, 1.54) is 0 Å². The second-order valence-electron chi connectivity index (χ2n) is 29.5. The van der Waals surface area contributed by atoms with Crippen LogP contribution in [0.25, 0.3) is 0 Å². The second kappa shape index (κ2) is 71.3. The van der Waals surface area contributed by atoms with Crippen molar-refractivity contribution in [1.82, 2.24) is 0 Å². The predicted octanol–water partition coefficient (Wildman–Crippen LogP) is 12.8. The number of hydrogen-bond donors (Lipinski definition) is 0. The number of rotatable bonds is 24. The highest BCUT2D eigenvalue weighted by Crippen LogP contribution is 2.21. The summed E-state index contributed by atoms with van der Waals surface area (Å²) in [5.74, 6) is 0. The standard InChI is InChI=1S/8C9H21O.4BFO2/c8*1-7(2)10(8(3)4)9(5)6;4*2-1(3)4/h8*7-9H,1-6H3;;;;/q8*+1;4*-2. The zero-order valence-corrected chi connectivity index (χ0v) is 72.2. The van der Waals surface area contributed by atoms with Crippen LogP contribution in [0.15, 0.2) is 0 Å². The SMILES string of the molecule is CC(C)[O+](C(C)C)C(C)C.CC(C)[O+](C(C)C)C(C)C.CC(C)[O+](C(C)C)C(C)C.CC(C)[O+](C(C)C)C(C)C.CC(C)[O+](C(C)C)C(C)C.CC(C)[O+](C(C)C)C(C)C.CC(C)[O+](C(C)C)C(C)C.CC(C)[O+](C(C)C)C(C)C.[O-]B([O-])F.[O-]B([O-])F.[O-]B([O-])F.[O-]B([O-])F. The van der Waals surface area contributed by atoms with Crippen molar-refractivity contribution < 1.29 is 92.4 Å². The van der Waals surface area contributed by atoms with E-state index in [0.717, 1.165) is 0 Å². The van der Waals surface area contributed by atoms with Gasteiger partial charge in [0.25, 0.3) is 0 Å². The first-order valence-corrected chi connectivity index (χ1v) is 36.1. The summed E-state index contributed by atoms with van der Waals surface area (Å²) >= 11 is 0. The molecule has 0 aromatic carbocycles. The van der Waals surface area contributed by atoms with Gasteiger partial charge in [-0.1, -0.05) is 0 Å². The molecular formula is C72H168B4F4O16. The van der Waals surface area contributed by atoms with Crippen LogP contribution in [-0.4, -0.2) is 176 Å². The summed E-state index contributed by atoms with van der Waals surface area (Å²) in [6, 6.07) is 0. The van der Waals surface area contributed by atoms with Gasteiger partial charge in [0, 0.05) is 332 Å². The zero-order chi connectivity index (χ0) is 80.8. The van der Waals surface area contributed by atoms with Crippen molar-refractivity contribution in [2.75, 3.05) is 0 Å². The maximum atomic E-state index is 9.89. The Balaban J connectivity index is -0.0000000813. The second-order valence-corrected chi connectivity index (χ2v) is 29.5. The van der Waals surface area contributed by atoms with Gasteiger partial charge in [0.15, 0.2) is 0 Å². The van der Waals surface area contributed by atoms with Crippen molar-refractivity contribution in [1.29, 1.82) is 0 Å². The van der Waals surface area contributed by atoms with E-state index in [9.17, 15) is 17.3 Å². The number of halogens is 4. The zero-order valence-electron chi connectivity index (χ0n) is 72.2. The Morgan fingerprint density at radius 1 is 0.125 bits per heavy atom. The van der Waals surface area contributed by atoms with E-state index < -0.39 is 29.6 Å². The van der Waals surface area contributed by atoms with Crippen LogP contribution in [-0.2, 0) is 34.9 Å². The summed E-state index contributed by atoms with van der Waals surface area (Å²) in [5, 5.41) is 66.4. The third kappa shape index (κ3) is 87.6. The van der Waals surface area contributed by atoms with Gasteiger partial charge in [-0.15, -0.1) is 0 Å². The van der Waals surface area contributed by atoms with Crippen molar-refractivity contribution in [2.45, 2.75) is 479 Å². The van der Waals surface area contributed by atoms with Crippen LogP contribution in [0, 0.1) is 0 Å². The van der Waals surface area contributed by atoms with E-state index in [-0.39, 0.29) is 0 Å². The molecule has 0 heterocycles. The predicted molar refractivity (Wildman–Crippen MR) is 399 cm³/mol. The topological polar surface area (TPSA) is 206 Å². The average Bonchev–Trinajstić information content (AvgIpc) is 3.26. The lowest BCUT2D eigenvalue weighted by Crippen LogP contribution is -2.39. The van der Waals surface area contributed by atoms with Crippen LogP contribution in [0.3, 0.4) is 0 Å². The van der Waals surface area contributed by atoms with Crippen molar-refractivity contribution >= 4 is 29.6 Å². The summed E-state index contributed by atoms with van der Waals surface area (Å²) < 4.78 is 66.0. The highest BCUT2D eigenvalue weighted by molar-refractivity contribution is 6.27. The Morgan fingerprint density at radius 3 is 0.146 bits per heavy atom. The van der Waals surface area contributed by atoms with E-state index in [1.54, 1.807) is 0 Å². The first-order valence-electron chi connectivity index (χ1n) is 36.1. The van der Waals surface area contributed by atoms with Gasteiger partial charge in [-0.3, -0.25) is 0 Å². The molecule has 24 heteroatoms. The maximum absolute atomic E-state index is 9.89. The molecular weight excluding hydrogens is 1240 g/mol. The van der Waals surface area contributed by atoms with Crippen molar-refractivity contribution in [3.63, 3.8) is 0 Å². The maximum Gasteiger partial charge on any atom is 0.150 e. The monoisotopic (exact) mass is 1410 g/mol. The van der Waals surface area contributed by atoms with Crippen molar-refractivity contribution in [3.8, 4) is 0 Å². The molecule has 0 N–H and O–H groups in total. The molecule has 0 saturated heterocycles. The first-order chi connectivity index (χ1) is 42.6. The van der Waals surface area contributed by atoms with Gasteiger partial charge in [-0.2, -0.15) is 0 Å². The molecule has 0 atom stereocenters. The highest BCUT2D eigenvalue weighted by atomic mass is 19.1. The van der Waals surface area contributed by atoms with Crippen LogP contribution in [0.5, 0.6) is 0 Å². The van der Waals surface area contributed by atoms with Gasteiger partial charge in [-0.25, -0.2) is 0 Å². The molecule has 0 saturated carbocycles. The molecule has 0 aliphatic rings. The fourth-order valence-corrected chi connectivity index (χ4v) is 13.1. The van der Waals surface area contributed by atoms with Gasteiger partial charge in [0.2, 0.25) is 0 Å². The van der Waals surface area contributed by atoms with Crippen LogP contribution in [0.2, 0.25) is 0 Å². The molecule has 0 bridgehead atoms. The largest absolute Gasteiger partial charge is 0.867 e. The Bertz CT molecular complexity index is 1040. The molecule has 0 aromatic heterocycles. The van der Waals surface area contributed by atoms with E-state index in [2.05, 4.69) is 367 Å². The van der Waals surface area contributed by atoms with Gasteiger partial charge >= 0.3 is 0 Å².